The van der Waals surface area contributed by atoms with Gasteiger partial charge in [0.2, 0.25) is 0 Å². The van der Waals surface area contributed by atoms with Crippen LogP contribution in [0.3, 0.4) is 0 Å². The fourth-order valence-electron chi connectivity index (χ4n) is 10.4. The highest BCUT2D eigenvalue weighted by atomic mass is 15.0. The number of nitriles is 2. The van der Waals surface area contributed by atoms with E-state index in [1.807, 2.05) is 48.7 Å². The zero-order chi connectivity index (χ0) is 44.7. The van der Waals surface area contributed by atoms with Gasteiger partial charge < -0.3 is 9.13 Å². The first kappa shape index (κ1) is 38.9. The number of para-hydroxylation sites is 2. The van der Waals surface area contributed by atoms with Gasteiger partial charge in [-0.25, -0.2) is 0 Å². The molecule has 66 heavy (non-hydrogen) atoms. The first-order valence-electron chi connectivity index (χ1n) is 22.3. The summed E-state index contributed by atoms with van der Waals surface area (Å²) in [6.45, 7) is 6.93. The third-order valence-corrected chi connectivity index (χ3v) is 13.3. The number of nitrogens with zero attached hydrogens (tertiary/aromatic N) is 5. The molecule has 0 unspecified atom stereocenters. The summed E-state index contributed by atoms with van der Waals surface area (Å²) in [5.74, 6) is 0. The average molecular weight is 844 g/mol. The molecule has 9 aromatic carbocycles. The van der Waals surface area contributed by atoms with Gasteiger partial charge in [0.15, 0.2) is 0 Å². The lowest BCUT2D eigenvalue weighted by molar-refractivity contribution is 0.601. The molecule has 12 rings (SSSR count). The Morgan fingerprint density at radius 3 is 1.29 bits per heavy atom. The smallest absolute Gasteiger partial charge is 0.0991 e. The zero-order valence-corrected chi connectivity index (χ0v) is 36.7. The van der Waals surface area contributed by atoms with E-state index in [0.29, 0.717) is 11.1 Å². The topological polar surface area (TPSA) is 70.3 Å². The van der Waals surface area contributed by atoms with E-state index in [0.717, 1.165) is 99.3 Å². The van der Waals surface area contributed by atoms with Crippen molar-refractivity contribution < 1.29 is 0 Å². The van der Waals surface area contributed by atoms with Crippen LogP contribution in [0.2, 0.25) is 0 Å². The van der Waals surface area contributed by atoms with Crippen molar-refractivity contribution in [3.63, 3.8) is 0 Å². The Morgan fingerprint density at radius 2 is 0.818 bits per heavy atom. The number of pyridine rings is 1. The molecule has 0 saturated heterocycles. The first-order valence-corrected chi connectivity index (χ1v) is 22.3. The number of hydrogen-bond donors (Lipinski definition) is 0. The maximum atomic E-state index is 9.93. The highest BCUT2D eigenvalue weighted by Gasteiger charge is 2.25. The fraction of sp³-hybridized carbons (Fsp3) is 0.0656. The van der Waals surface area contributed by atoms with Crippen LogP contribution < -0.4 is 0 Å². The number of aromatic nitrogens is 3. The number of rotatable bonds is 5. The summed E-state index contributed by atoms with van der Waals surface area (Å²) in [7, 11) is 0. The van der Waals surface area contributed by atoms with E-state index in [4.69, 9.17) is 4.98 Å². The molecule has 12 aromatic rings. The van der Waals surface area contributed by atoms with Crippen molar-refractivity contribution in [3.8, 4) is 57.0 Å². The summed E-state index contributed by atoms with van der Waals surface area (Å²) in [6, 6.07) is 71.0. The molecule has 0 bridgehead atoms. The summed E-state index contributed by atoms with van der Waals surface area (Å²) in [4.78, 5) is 5.00. The van der Waals surface area contributed by atoms with Crippen molar-refractivity contribution >= 4 is 65.2 Å². The second-order valence-electron chi connectivity index (χ2n) is 18.2. The third kappa shape index (κ3) is 6.10. The van der Waals surface area contributed by atoms with Crippen LogP contribution in [0.5, 0.6) is 0 Å². The van der Waals surface area contributed by atoms with Crippen LogP contribution in [0.1, 0.15) is 37.5 Å². The van der Waals surface area contributed by atoms with Crippen LogP contribution in [0.25, 0.3) is 110 Å². The van der Waals surface area contributed by atoms with Gasteiger partial charge in [-0.3, -0.25) is 4.98 Å². The van der Waals surface area contributed by atoms with Crippen LogP contribution >= 0.6 is 0 Å². The predicted molar refractivity (Wildman–Crippen MR) is 272 cm³/mol. The quantitative estimate of drug-likeness (QED) is 0.162. The zero-order valence-electron chi connectivity index (χ0n) is 36.7. The van der Waals surface area contributed by atoms with Gasteiger partial charge in [-0.05, 0) is 164 Å². The van der Waals surface area contributed by atoms with Crippen molar-refractivity contribution in [2.75, 3.05) is 0 Å². The number of fused-ring (bicyclic) bond motifs is 8. The van der Waals surface area contributed by atoms with E-state index >= 15 is 0 Å². The molecule has 5 nitrogen and oxygen atoms in total. The molecule has 0 radical (unpaired) electrons. The summed E-state index contributed by atoms with van der Waals surface area (Å²) in [5.41, 5.74) is 15.3. The summed E-state index contributed by atoms with van der Waals surface area (Å²) < 4.78 is 4.58. The molecule has 3 aromatic heterocycles. The molecule has 0 spiro atoms. The summed E-state index contributed by atoms with van der Waals surface area (Å²) in [5, 5.41) is 28.9. The van der Waals surface area contributed by atoms with Crippen LogP contribution in [0.4, 0.5) is 0 Å². The van der Waals surface area contributed by atoms with Gasteiger partial charge in [0.25, 0.3) is 0 Å². The van der Waals surface area contributed by atoms with Crippen LogP contribution in [-0.4, -0.2) is 14.1 Å². The monoisotopic (exact) mass is 843 g/mol. The van der Waals surface area contributed by atoms with E-state index in [9.17, 15) is 10.5 Å². The molecule has 0 N–H and O–H groups in total. The molecule has 0 atom stereocenters. The molecule has 0 amide bonds. The Morgan fingerprint density at radius 1 is 0.394 bits per heavy atom. The van der Waals surface area contributed by atoms with E-state index in [1.54, 1.807) is 0 Å². The van der Waals surface area contributed by atoms with E-state index < -0.39 is 0 Å². The fourth-order valence-corrected chi connectivity index (χ4v) is 10.4. The van der Waals surface area contributed by atoms with Crippen LogP contribution in [0, 0.1) is 22.7 Å². The lowest BCUT2D eigenvalue weighted by Gasteiger charge is -2.27. The lowest BCUT2D eigenvalue weighted by atomic mass is 9.77. The van der Waals surface area contributed by atoms with Crippen molar-refractivity contribution in [3.05, 3.63) is 211 Å². The van der Waals surface area contributed by atoms with Gasteiger partial charge >= 0.3 is 0 Å². The Hall–Kier alpha value is -8.77. The van der Waals surface area contributed by atoms with Crippen molar-refractivity contribution in [1.82, 2.24) is 14.1 Å². The highest BCUT2D eigenvalue weighted by molar-refractivity contribution is 6.18. The van der Waals surface area contributed by atoms with Gasteiger partial charge in [-0.2, -0.15) is 10.5 Å². The van der Waals surface area contributed by atoms with Gasteiger partial charge in [0, 0.05) is 44.7 Å². The molecule has 0 saturated carbocycles. The average Bonchev–Trinajstić information content (AvgIpc) is 3.86. The Labute approximate surface area is 382 Å². The summed E-state index contributed by atoms with van der Waals surface area (Å²) >= 11 is 0. The van der Waals surface area contributed by atoms with E-state index in [1.165, 1.54) is 16.3 Å². The summed E-state index contributed by atoms with van der Waals surface area (Å²) in [6.07, 6.45) is 1.88. The van der Waals surface area contributed by atoms with Gasteiger partial charge in [0.05, 0.1) is 51.0 Å². The molecule has 0 aliphatic carbocycles. The van der Waals surface area contributed by atoms with Gasteiger partial charge in [0.1, 0.15) is 0 Å². The molecular formula is C61H41N5. The molecule has 0 fully saturated rings. The Kier molecular flexibility index (Phi) is 8.79. The van der Waals surface area contributed by atoms with Crippen LogP contribution in [0.15, 0.2) is 194 Å². The lowest BCUT2D eigenvalue weighted by Crippen LogP contribution is -2.13. The number of hydrogen-bond acceptors (Lipinski definition) is 3. The largest absolute Gasteiger partial charge is 0.309 e. The van der Waals surface area contributed by atoms with Crippen molar-refractivity contribution in [2.45, 2.75) is 26.2 Å². The second-order valence-corrected chi connectivity index (χ2v) is 18.2. The van der Waals surface area contributed by atoms with Crippen molar-refractivity contribution in [1.29, 1.82) is 10.5 Å². The maximum Gasteiger partial charge on any atom is 0.0991 e. The van der Waals surface area contributed by atoms with Gasteiger partial charge in [-0.15, -0.1) is 0 Å². The third-order valence-electron chi connectivity index (χ3n) is 13.3. The molecule has 0 aliphatic rings. The van der Waals surface area contributed by atoms with Crippen LogP contribution in [-0.2, 0) is 5.41 Å². The van der Waals surface area contributed by atoms with E-state index in [-0.39, 0.29) is 5.41 Å². The minimum atomic E-state index is -0.212. The normalized spacial score (nSPS) is 11.8. The predicted octanol–water partition coefficient (Wildman–Crippen LogP) is 15.6. The second kappa shape index (κ2) is 14.9. The SMILES string of the molecule is CC(C)(C)c1c2ccc(-c3ccc4c(c3)c3cc(C#N)ccc3n4-c3ccccc3)cc2c(-c2ccccn2)c2ccc(-c3ccc4c(c3)c3cc(C#N)ccc3n4-c3ccccc3)cc12. The number of benzene rings is 9. The Bertz CT molecular complexity index is 4030. The Balaban J connectivity index is 1.08. The molecular weight excluding hydrogens is 803 g/mol. The minimum absolute atomic E-state index is 0.212. The van der Waals surface area contributed by atoms with E-state index in [2.05, 4.69) is 188 Å². The molecule has 3 heterocycles. The van der Waals surface area contributed by atoms with Crippen molar-refractivity contribution in [2.24, 2.45) is 0 Å². The first-order chi connectivity index (χ1) is 32.3. The standard InChI is InChI=1S/C61H41N5/c1-61(2,3)60-47-24-20-40(42-21-27-57-50(32-42)48-30-38(36-62)17-25-55(48)65(57)44-12-6-4-7-13-44)34-52(47)59(54-16-10-11-29-64-54)46-23-19-41(35-53(46)60)43-22-28-58-51(33-43)49-31-39(37-63)18-26-56(49)66(58)45-14-8-5-9-15-45/h4-35H,1-3H3. The van der Waals surface area contributed by atoms with Gasteiger partial charge in [-0.1, -0.05) is 99.6 Å². The molecule has 0 aliphatic heterocycles. The molecule has 5 heteroatoms. The minimum Gasteiger partial charge on any atom is -0.309 e. The molecule has 310 valence electrons. The highest BCUT2D eigenvalue weighted by Crippen LogP contribution is 2.46. The maximum absolute atomic E-state index is 9.93.